The number of likely N-dealkylation sites (tertiary alicyclic amines) is 1. The molecule has 0 bridgehead atoms. The minimum absolute atomic E-state index is 0.283. The lowest BCUT2D eigenvalue weighted by atomic mass is 9.89. The molecule has 1 fully saturated rings. The number of pyridine rings is 2. The van der Waals surface area contributed by atoms with E-state index >= 15 is 0 Å². The largest absolute Gasteiger partial charge is 0.295 e. The van der Waals surface area contributed by atoms with Gasteiger partial charge in [0.2, 0.25) is 5.69 Å². The molecule has 6 heteroatoms. The van der Waals surface area contributed by atoms with Gasteiger partial charge in [0, 0.05) is 40.5 Å². The van der Waals surface area contributed by atoms with E-state index in [0.717, 1.165) is 40.6 Å². The highest BCUT2D eigenvalue weighted by Crippen LogP contribution is 2.38. The molecule has 0 unspecified atom stereocenters. The lowest BCUT2D eigenvalue weighted by Crippen LogP contribution is -2.48. The van der Waals surface area contributed by atoms with Gasteiger partial charge < -0.3 is 0 Å². The van der Waals surface area contributed by atoms with Crippen LogP contribution in [-0.4, -0.2) is 43.2 Å². The van der Waals surface area contributed by atoms with Gasteiger partial charge in [-0.3, -0.25) is 15.0 Å². The predicted octanol–water partition coefficient (Wildman–Crippen LogP) is 8.03. The van der Waals surface area contributed by atoms with Crippen molar-refractivity contribution in [1.82, 2.24) is 25.1 Å². The van der Waals surface area contributed by atoms with Crippen LogP contribution in [0.2, 0.25) is 0 Å². The van der Waals surface area contributed by atoms with Crippen molar-refractivity contribution in [3.8, 4) is 33.6 Å². The molecule has 0 radical (unpaired) electrons. The van der Waals surface area contributed by atoms with E-state index in [0.29, 0.717) is 23.1 Å². The van der Waals surface area contributed by atoms with Crippen molar-refractivity contribution in [2.75, 3.05) is 6.54 Å². The minimum atomic E-state index is 0.283. The van der Waals surface area contributed by atoms with E-state index in [1.54, 1.807) is 18.3 Å². The standard InChI is InChI=1S/C35H34N6/c1-23-6-5-19-41(23)35(2)16-14-24-8-13-27(20-28(24)15-17-35)29-21-30-32(39-40-34(30)38-22-29)25-9-11-26(12-10-25)33-31(36-3)7-4-18-37-33/h4,7-13,18,20-23H,5-6,14-17,19H2,1-2H3,(H,38,39,40)/t23-,35+/m1/s1. The van der Waals surface area contributed by atoms with E-state index < -0.39 is 0 Å². The predicted molar refractivity (Wildman–Crippen MR) is 165 cm³/mol. The van der Waals surface area contributed by atoms with E-state index in [2.05, 4.69) is 75.2 Å². The van der Waals surface area contributed by atoms with E-state index in [1.807, 2.05) is 18.3 Å². The molecule has 1 N–H and O–H groups in total. The zero-order valence-corrected chi connectivity index (χ0v) is 23.7. The Morgan fingerprint density at radius 3 is 2.49 bits per heavy atom. The van der Waals surface area contributed by atoms with E-state index in [-0.39, 0.29) is 5.54 Å². The number of fused-ring (bicyclic) bond motifs is 2. The SMILES string of the molecule is [C-]#[N+]c1cccnc1-c1ccc(-c2[nH]nc3ncc(-c4ccc5c(c4)CC[C@@](C)(N4CCC[C@H]4C)CC5)cc23)cc1. The Labute approximate surface area is 241 Å². The van der Waals surface area contributed by atoms with Crippen LogP contribution in [0.25, 0.3) is 49.5 Å². The highest BCUT2D eigenvalue weighted by molar-refractivity contribution is 5.93. The van der Waals surface area contributed by atoms with Gasteiger partial charge in [-0.25, -0.2) is 9.83 Å². The molecule has 2 atom stereocenters. The summed E-state index contributed by atoms with van der Waals surface area (Å²) in [5.41, 5.74) is 10.4. The molecule has 1 aliphatic heterocycles. The third-order valence-corrected chi connectivity index (χ3v) is 9.42. The van der Waals surface area contributed by atoms with Crippen molar-refractivity contribution in [2.24, 2.45) is 0 Å². The molecular weight excluding hydrogens is 504 g/mol. The molecule has 6 nitrogen and oxygen atoms in total. The average Bonchev–Trinajstić information content (AvgIpc) is 3.61. The molecule has 2 aliphatic rings. The molecule has 1 aliphatic carbocycles. The quantitative estimate of drug-likeness (QED) is 0.186. The first-order valence-corrected chi connectivity index (χ1v) is 14.7. The van der Waals surface area contributed by atoms with Gasteiger partial charge in [0.1, 0.15) is 0 Å². The number of aromatic amines is 1. The van der Waals surface area contributed by atoms with Crippen LogP contribution >= 0.6 is 0 Å². The Balaban J connectivity index is 1.18. The fraction of sp³-hybridized carbons (Fsp3) is 0.314. The monoisotopic (exact) mass is 538 g/mol. The second kappa shape index (κ2) is 10.2. The van der Waals surface area contributed by atoms with Gasteiger partial charge in [-0.05, 0) is 87.2 Å². The Morgan fingerprint density at radius 2 is 1.71 bits per heavy atom. The number of aryl methyl sites for hydroxylation is 2. The van der Waals surface area contributed by atoms with Crippen LogP contribution in [0.5, 0.6) is 0 Å². The number of rotatable bonds is 4. The zero-order chi connectivity index (χ0) is 28.0. The summed E-state index contributed by atoms with van der Waals surface area (Å²) in [6.45, 7) is 13.6. The van der Waals surface area contributed by atoms with Crippen LogP contribution in [-0.2, 0) is 12.8 Å². The second-order valence-corrected chi connectivity index (χ2v) is 11.9. The normalized spacial score (nSPS) is 21.0. The molecule has 0 amide bonds. The van der Waals surface area contributed by atoms with Crippen molar-refractivity contribution in [2.45, 2.75) is 64.0 Å². The third-order valence-electron chi connectivity index (χ3n) is 9.42. The van der Waals surface area contributed by atoms with Gasteiger partial charge >= 0.3 is 0 Å². The van der Waals surface area contributed by atoms with Crippen LogP contribution in [0.3, 0.4) is 0 Å². The van der Waals surface area contributed by atoms with Crippen LogP contribution in [0.15, 0.2) is 73.1 Å². The number of hydrogen-bond donors (Lipinski definition) is 1. The van der Waals surface area contributed by atoms with E-state index in [1.165, 1.54) is 48.9 Å². The van der Waals surface area contributed by atoms with Crippen LogP contribution in [0.1, 0.15) is 50.7 Å². The summed E-state index contributed by atoms with van der Waals surface area (Å²) in [5.74, 6) is 0. The van der Waals surface area contributed by atoms with Crippen molar-refractivity contribution in [3.05, 3.63) is 95.6 Å². The Hall–Kier alpha value is -4.34. The number of aromatic nitrogens is 4. The van der Waals surface area contributed by atoms with Gasteiger partial charge in [0.15, 0.2) is 5.65 Å². The first-order valence-electron chi connectivity index (χ1n) is 14.7. The molecule has 3 aromatic heterocycles. The Bertz CT molecular complexity index is 1780. The molecular formula is C35H34N6. The maximum absolute atomic E-state index is 7.46. The first kappa shape index (κ1) is 25.6. The molecule has 204 valence electrons. The van der Waals surface area contributed by atoms with Gasteiger partial charge in [-0.2, -0.15) is 5.10 Å². The lowest BCUT2D eigenvalue weighted by Gasteiger charge is -2.41. The maximum atomic E-state index is 7.46. The van der Waals surface area contributed by atoms with Crippen molar-refractivity contribution >= 4 is 16.7 Å². The number of nitrogens with one attached hydrogen (secondary N) is 1. The topological polar surface area (TPSA) is 62.1 Å². The highest BCUT2D eigenvalue weighted by Gasteiger charge is 2.38. The van der Waals surface area contributed by atoms with Gasteiger partial charge in [0.05, 0.1) is 18.0 Å². The summed E-state index contributed by atoms with van der Waals surface area (Å²) in [6, 6.07) is 21.6. The van der Waals surface area contributed by atoms with Crippen LogP contribution < -0.4 is 0 Å². The smallest absolute Gasteiger partial charge is 0.212 e. The van der Waals surface area contributed by atoms with Crippen LogP contribution in [0, 0.1) is 6.57 Å². The molecule has 2 aromatic carbocycles. The summed E-state index contributed by atoms with van der Waals surface area (Å²) in [5, 5.41) is 8.69. The molecule has 0 saturated carbocycles. The summed E-state index contributed by atoms with van der Waals surface area (Å²) in [6.07, 6.45) is 11.0. The molecule has 0 spiro atoms. The van der Waals surface area contributed by atoms with Crippen molar-refractivity contribution < 1.29 is 0 Å². The number of H-pyrrole nitrogens is 1. The summed E-state index contributed by atoms with van der Waals surface area (Å²) in [7, 11) is 0. The van der Waals surface area contributed by atoms with Gasteiger partial charge in [-0.15, -0.1) is 0 Å². The fourth-order valence-corrected chi connectivity index (χ4v) is 7.02. The third kappa shape index (κ3) is 4.61. The maximum Gasteiger partial charge on any atom is 0.212 e. The van der Waals surface area contributed by atoms with E-state index in [9.17, 15) is 0 Å². The van der Waals surface area contributed by atoms with Crippen LogP contribution in [0.4, 0.5) is 5.69 Å². The average molecular weight is 539 g/mol. The Kier molecular flexibility index (Phi) is 6.40. The molecule has 4 heterocycles. The second-order valence-electron chi connectivity index (χ2n) is 11.9. The molecule has 41 heavy (non-hydrogen) atoms. The number of nitrogens with zero attached hydrogens (tertiary/aromatic N) is 5. The molecule has 7 rings (SSSR count). The molecule has 5 aromatic rings. The summed E-state index contributed by atoms with van der Waals surface area (Å²) < 4.78 is 0. The number of hydrogen-bond acceptors (Lipinski definition) is 4. The number of benzene rings is 2. The zero-order valence-electron chi connectivity index (χ0n) is 23.7. The van der Waals surface area contributed by atoms with Gasteiger partial charge in [-0.1, -0.05) is 54.6 Å². The Morgan fingerprint density at radius 1 is 0.927 bits per heavy atom. The summed E-state index contributed by atoms with van der Waals surface area (Å²) >= 11 is 0. The first-order chi connectivity index (χ1) is 20.0. The van der Waals surface area contributed by atoms with Crippen molar-refractivity contribution in [3.63, 3.8) is 0 Å². The highest BCUT2D eigenvalue weighted by atomic mass is 15.2. The lowest BCUT2D eigenvalue weighted by molar-refractivity contribution is 0.0821. The van der Waals surface area contributed by atoms with E-state index in [4.69, 9.17) is 11.6 Å². The van der Waals surface area contributed by atoms with Gasteiger partial charge in [0.25, 0.3) is 0 Å². The fourth-order valence-electron chi connectivity index (χ4n) is 7.02. The molecule has 1 saturated heterocycles. The summed E-state index contributed by atoms with van der Waals surface area (Å²) in [4.78, 5) is 15.5. The minimum Gasteiger partial charge on any atom is -0.295 e. The van der Waals surface area contributed by atoms with Crippen molar-refractivity contribution in [1.29, 1.82) is 0 Å².